The van der Waals surface area contributed by atoms with Crippen LogP contribution in [0.5, 0.6) is 5.75 Å². The summed E-state index contributed by atoms with van der Waals surface area (Å²) in [6.07, 6.45) is 3.13. The number of nitrogens with one attached hydrogen (secondary N) is 1. The van der Waals surface area contributed by atoms with Crippen LogP contribution in [-0.4, -0.2) is 42.6 Å². The van der Waals surface area contributed by atoms with Crippen molar-refractivity contribution < 1.29 is 18.7 Å². The van der Waals surface area contributed by atoms with Gasteiger partial charge in [0.25, 0.3) is 5.56 Å². The molecule has 1 saturated heterocycles. The van der Waals surface area contributed by atoms with E-state index in [0.717, 1.165) is 28.8 Å². The van der Waals surface area contributed by atoms with E-state index >= 15 is 0 Å². The largest absolute Gasteiger partial charge is 0.497 e. The molecular weight excluding hydrogens is 398 g/mol. The van der Waals surface area contributed by atoms with Gasteiger partial charge in [0.05, 0.1) is 13.4 Å². The number of ether oxygens (including phenoxy) is 2. The summed E-state index contributed by atoms with van der Waals surface area (Å²) in [5, 5.41) is 7.26. The molecule has 31 heavy (non-hydrogen) atoms. The minimum Gasteiger partial charge on any atom is -0.497 e. The lowest BCUT2D eigenvalue weighted by Crippen LogP contribution is -2.46. The van der Waals surface area contributed by atoms with Gasteiger partial charge in [-0.15, -0.1) is 0 Å². The predicted octanol–water partition coefficient (Wildman–Crippen LogP) is 2.38. The first-order valence-electron chi connectivity index (χ1n) is 10.2. The molecule has 0 saturated carbocycles. The molecule has 8 nitrogen and oxygen atoms in total. The lowest BCUT2D eigenvalue weighted by atomic mass is 9.74. The van der Waals surface area contributed by atoms with Gasteiger partial charge in [-0.25, -0.2) is 4.68 Å². The average Bonchev–Trinajstić information content (AvgIpc) is 3.35. The average molecular weight is 423 g/mol. The molecule has 1 aliphatic rings. The Kier molecular flexibility index (Phi) is 6.18. The van der Waals surface area contributed by atoms with E-state index < -0.39 is 0 Å². The first kappa shape index (κ1) is 20.9. The Morgan fingerprint density at radius 3 is 2.61 bits per heavy atom. The fraction of sp³-hybridized carbons (Fsp3) is 0.348. The number of methoxy groups -OCH3 is 1. The van der Waals surface area contributed by atoms with Crippen LogP contribution < -0.4 is 15.6 Å². The molecule has 4 rings (SSSR count). The Bertz CT molecular complexity index is 1070. The number of aromatic nitrogens is 2. The van der Waals surface area contributed by atoms with Crippen LogP contribution in [0.15, 0.2) is 64.0 Å². The molecule has 0 aliphatic carbocycles. The van der Waals surface area contributed by atoms with Gasteiger partial charge in [-0.05, 0) is 48.7 Å². The van der Waals surface area contributed by atoms with Crippen LogP contribution in [0.4, 0.5) is 0 Å². The van der Waals surface area contributed by atoms with Crippen molar-refractivity contribution in [2.45, 2.75) is 24.8 Å². The molecule has 0 bridgehead atoms. The number of furan rings is 1. The van der Waals surface area contributed by atoms with Crippen LogP contribution in [0.3, 0.4) is 0 Å². The molecule has 2 aromatic heterocycles. The zero-order valence-corrected chi connectivity index (χ0v) is 17.4. The van der Waals surface area contributed by atoms with Gasteiger partial charge in [0, 0.05) is 31.2 Å². The van der Waals surface area contributed by atoms with Crippen molar-refractivity contribution in [3.8, 4) is 17.2 Å². The summed E-state index contributed by atoms with van der Waals surface area (Å²) >= 11 is 0. The number of benzene rings is 1. The number of rotatable bonds is 7. The molecule has 0 spiro atoms. The van der Waals surface area contributed by atoms with Crippen molar-refractivity contribution >= 4 is 5.91 Å². The molecule has 8 heteroatoms. The number of amides is 1. The molecule has 0 radical (unpaired) electrons. The molecule has 0 atom stereocenters. The Labute approximate surface area is 179 Å². The van der Waals surface area contributed by atoms with Gasteiger partial charge in [0.1, 0.15) is 18.0 Å². The smallest absolute Gasteiger partial charge is 0.267 e. The standard InChI is InChI=1S/C23H25N3O5/c1-29-18-6-4-17(5-7-18)23(10-13-30-14-11-23)16-24-21(27)15-26-22(28)9-8-19(25-26)20-3-2-12-31-20/h2-9,12H,10-11,13-16H2,1H3,(H,24,27). The molecule has 1 N–H and O–H groups in total. The van der Waals surface area contributed by atoms with Crippen molar-refractivity contribution in [1.29, 1.82) is 0 Å². The molecule has 1 amide bonds. The normalized spacial score (nSPS) is 15.4. The minimum absolute atomic E-state index is 0.164. The maximum absolute atomic E-state index is 12.7. The van der Waals surface area contributed by atoms with Gasteiger partial charge in [-0.1, -0.05) is 12.1 Å². The van der Waals surface area contributed by atoms with Crippen molar-refractivity contribution in [2.24, 2.45) is 0 Å². The number of nitrogens with zero attached hydrogens (tertiary/aromatic N) is 2. The van der Waals surface area contributed by atoms with Crippen LogP contribution in [0.25, 0.3) is 11.5 Å². The summed E-state index contributed by atoms with van der Waals surface area (Å²) in [5.41, 5.74) is 1.05. The summed E-state index contributed by atoms with van der Waals surface area (Å²) in [5.74, 6) is 1.05. The summed E-state index contributed by atoms with van der Waals surface area (Å²) in [4.78, 5) is 24.9. The van der Waals surface area contributed by atoms with Gasteiger partial charge in [0.2, 0.25) is 5.91 Å². The van der Waals surface area contributed by atoms with E-state index in [4.69, 9.17) is 13.9 Å². The second-order valence-electron chi connectivity index (χ2n) is 7.59. The van der Waals surface area contributed by atoms with E-state index in [9.17, 15) is 9.59 Å². The van der Waals surface area contributed by atoms with Gasteiger partial charge in [-0.2, -0.15) is 5.10 Å². The summed E-state index contributed by atoms with van der Waals surface area (Å²) in [6, 6.07) is 14.4. The molecule has 1 aliphatic heterocycles. The van der Waals surface area contributed by atoms with E-state index in [2.05, 4.69) is 10.4 Å². The van der Waals surface area contributed by atoms with Gasteiger partial charge in [0.15, 0.2) is 5.76 Å². The third-order valence-electron chi connectivity index (χ3n) is 5.71. The summed E-state index contributed by atoms with van der Waals surface area (Å²) in [6.45, 7) is 1.55. The lowest BCUT2D eigenvalue weighted by molar-refractivity contribution is -0.122. The number of carbonyl (C=O) groups excluding carboxylic acids is 1. The van der Waals surface area contributed by atoms with Gasteiger partial charge < -0.3 is 19.2 Å². The topological polar surface area (TPSA) is 95.6 Å². The third kappa shape index (κ3) is 4.69. The quantitative estimate of drug-likeness (QED) is 0.627. The molecule has 1 aromatic carbocycles. The Morgan fingerprint density at radius 2 is 1.94 bits per heavy atom. The first-order chi connectivity index (χ1) is 15.1. The number of hydrogen-bond acceptors (Lipinski definition) is 6. The maximum Gasteiger partial charge on any atom is 0.267 e. The molecule has 0 unspecified atom stereocenters. The van der Waals surface area contributed by atoms with Crippen LogP contribution in [0.1, 0.15) is 18.4 Å². The second-order valence-corrected chi connectivity index (χ2v) is 7.59. The molecule has 1 fully saturated rings. The highest BCUT2D eigenvalue weighted by Crippen LogP contribution is 2.35. The van der Waals surface area contributed by atoms with Gasteiger partial charge in [-0.3, -0.25) is 9.59 Å². The molecule has 3 heterocycles. The zero-order chi connectivity index (χ0) is 21.7. The fourth-order valence-electron chi connectivity index (χ4n) is 3.85. The maximum atomic E-state index is 12.7. The van der Waals surface area contributed by atoms with Crippen LogP contribution in [-0.2, 0) is 21.5 Å². The highest BCUT2D eigenvalue weighted by atomic mass is 16.5. The Hall–Kier alpha value is -3.39. The van der Waals surface area contributed by atoms with Crippen molar-refractivity contribution in [2.75, 3.05) is 26.9 Å². The molecule has 3 aromatic rings. The lowest BCUT2D eigenvalue weighted by Gasteiger charge is -2.38. The zero-order valence-electron chi connectivity index (χ0n) is 17.4. The summed E-state index contributed by atoms with van der Waals surface area (Å²) in [7, 11) is 1.64. The third-order valence-corrected chi connectivity index (χ3v) is 5.71. The van der Waals surface area contributed by atoms with E-state index in [0.29, 0.717) is 31.2 Å². The number of hydrogen-bond donors (Lipinski definition) is 1. The highest BCUT2D eigenvalue weighted by Gasteiger charge is 2.35. The second kappa shape index (κ2) is 9.18. The van der Waals surface area contributed by atoms with Crippen molar-refractivity contribution in [3.63, 3.8) is 0 Å². The summed E-state index contributed by atoms with van der Waals surface area (Å²) < 4.78 is 17.3. The van der Waals surface area contributed by atoms with Crippen molar-refractivity contribution in [1.82, 2.24) is 15.1 Å². The predicted molar refractivity (Wildman–Crippen MR) is 114 cm³/mol. The first-order valence-corrected chi connectivity index (χ1v) is 10.2. The molecular formula is C23H25N3O5. The SMILES string of the molecule is COc1ccc(C2(CNC(=O)Cn3nc(-c4ccco4)ccc3=O)CCOCC2)cc1. The van der Waals surface area contributed by atoms with E-state index in [1.54, 1.807) is 25.3 Å². The van der Waals surface area contributed by atoms with E-state index in [1.807, 2.05) is 24.3 Å². The Balaban J connectivity index is 1.47. The molecule has 162 valence electrons. The van der Waals surface area contributed by atoms with Crippen LogP contribution in [0.2, 0.25) is 0 Å². The monoisotopic (exact) mass is 423 g/mol. The van der Waals surface area contributed by atoms with Crippen molar-refractivity contribution in [3.05, 3.63) is 70.7 Å². The minimum atomic E-state index is -0.346. The van der Waals surface area contributed by atoms with Crippen LogP contribution >= 0.6 is 0 Å². The Morgan fingerprint density at radius 1 is 1.16 bits per heavy atom. The highest BCUT2D eigenvalue weighted by molar-refractivity contribution is 5.75. The van der Waals surface area contributed by atoms with Crippen LogP contribution in [0, 0.1) is 0 Å². The van der Waals surface area contributed by atoms with Gasteiger partial charge >= 0.3 is 0 Å². The van der Waals surface area contributed by atoms with E-state index in [-0.39, 0.29) is 23.4 Å². The number of carbonyl (C=O) groups is 1. The van der Waals surface area contributed by atoms with E-state index in [1.165, 1.54) is 12.3 Å². The fourth-order valence-corrected chi connectivity index (χ4v) is 3.85.